The number of carbonyl (C=O) groups is 2. The van der Waals surface area contributed by atoms with Gasteiger partial charge in [-0.1, -0.05) is 24.1 Å². The monoisotopic (exact) mass is 530 g/mol. The van der Waals surface area contributed by atoms with Gasteiger partial charge in [0.2, 0.25) is 0 Å². The molecule has 0 radical (unpaired) electrons. The van der Waals surface area contributed by atoms with Gasteiger partial charge in [-0.25, -0.2) is 14.6 Å². The Bertz CT molecular complexity index is 1560. The lowest BCUT2D eigenvalue weighted by atomic mass is 10.0. The van der Waals surface area contributed by atoms with E-state index in [-0.39, 0.29) is 29.2 Å². The molecule has 1 saturated heterocycles. The lowest BCUT2D eigenvalue weighted by Gasteiger charge is -2.24. The Morgan fingerprint density at radius 2 is 1.95 bits per heavy atom. The SMILES string of the molecule is Cc1cc([C@@H](C)Nc2ccccc2C(=O)O)c2nc(C#CC3CCN(C(=O)OC(C)(C)C)C3)n(C)c(=O)c2c1. The van der Waals surface area contributed by atoms with Crippen LogP contribution in [-0.2, 0) is 11.8 Å². The van der Waals surface area contributed by atoms with Crippen molar-refractivity contribution in [2.45, 2.75) is 52.7 Å². The minimum Gasteiger partial charge on any atom is -0.478 e. The first kappa shape index (κ1) is 27.7. The summed E-state index contributed by atoms with van der Waals surface area (Å²) in [6.07, 6.45) is 0.358. The van der Waals surface area contributed by atoms with Crippen molar-refractivity contribution in [2.24, 2.45) is 13.0 Å². The summed E-state index contributed by atoms with van der Waals surface area (Å²) < 4.78 is 6.91. The summed E-state index contributed by atoms with van der Waals surface area (Å²) in [4.78, 5) is 43.9. The van der Waals surface area contributed by atoms with Crippen molar-refractivity contribution in [2.75, 3.05) is 18.4 Å². The number of carboxylic acids is 1. The second kappa shape index (κ2) is 10.8. The fourth-order valence-corrected chi connectivity index (χ4v) is 4.64. The number of hydrogen-bond acceptors (Lipinski definition) is 6. The molecular weight excluding hydrogens is 496 g/mol. The van der Waals surface area contributed by atoms with Crippen LogP contribution < -0.4 is 10.9 Å². The van der Waals surface area contributed by atoms with Crippen LogP contribution in [0.15, 0.2) is 41.2 Å². The number of aromatic carboxylic acids is 1. The Morgan fingerprint density at radius 3 is 2.64 bits per heavy atom. The minimum atomic E-state index is -1.03. The molecule has 0 saturated carbocycles. The zero-order valence-corrected chi connectivity index (χ0v) is 23.2. The Hall–Kier alpha value is -4.32. The Balaban J connectivity index is 1.66. The lowest BCUT2D eigenvalue weighted by molar-refractivity contribution is 0.0291. The molecule has 3 aromatic rings. The second-order valence-corrected chi connectivity index (χ2v) is 10.9. The van der Waals surface area contributed by atoms with Crippen LogP contribution in [0.3, 0.4) is 0 Å². The van der Waals surface area contributed by atoms with E-state index in [1.165, 1.54) is 4.57 Å². The number of ether oxygens (including phenoxy) is 1. The highest BCUT2D eigenvalue weighted by Crippen LogP contribution is 2.28. The fraction of sp³-hybridized carbons (Fsp3) is 0.400. The first-order valence-electron chi connectivity index (χ1n) is 12.9. The van der Waals surface area contributed by atoms with E-state index in [2.05, 4.69) is 17.2 Å². The lowest BCUT2D eigenvalue weighted by Crippen LogP contribution is -2.35. The minimum absolute atomic E-state index is 0.0595. The van der Waals surface area contributed by atoms with Gasteiger partial charge in [0.25, 0.3) is 5.56 Å². The van der Waals surface area contributed by atoms with Gasteiger partial charge in [0.05, 0.1) is 22.5 Å². The smallest absolute Gasteiger partial charge is 0.410 e. The summed E-state index contributed by atoms with van der Waals surface area (Å²) in [6, 6.07) is 10.1. The molecule has 2 N–H and O–H groups in total. The Labute approximate surface area is 227 Å². The van der Waals surface area contributed by atoms with Crippen molar-refractivity contribution >= 4 is 28.7 Å². The van der Waals surface area contributed by atoms with Gasteiger partial charge in [0.15, 0.2) is 5.82 Å². The Kier molecular flexibility index (Phi) is 7.68. The molecule has 9 nitrogen and oxygen atoms in total. The molecule has 2 heterocycles. The fourth-order valence-electron chi connectivity index (χ4n) is 4.64. The molecule has 2 atom stereocenters. The van der Waals surface area contributed by atoms with E-state index in [9.17, 15) is 19.5 Å². The number of nitrogens with zero attached hydrogens (tertiary/aromatic N) is 3. The maximum Gasteiger partial charge on any atom is 0.410 e. The predicted molar refractivity (Wildman–Crippen MR) is 150 cm³/mol. The summed E-state index contributed by atoms with van der Waals surface area (Å²) in [5, 5.41) is 13.3. The molecule has 4 rings (SSSR count). The number of amides is 1. The van der Waals surface area contributed by atoms with Gasteiger partial charge in [-0.3, -0.25) is 9.36 Å². The number of hydrogen-bond donors (Lipinski definition) is 2. The van der Waals surface area contributed by atoms with Crippen LogP contribution in [0.2, 0.25) is 0 Å². The van der Waals surface area contributed by atoms with E-state index >= 15 is 0 Å². The molecule has 0 spiro atoms. The second-order valence-electron chi connectivity index (χ2n) is 10.9. The molecule has 1 aromatic heterocycles. The number of fused-ring (bicyclic) bond motifs is 1. The summed E-state index contributed by atoms with van der Waals surface area (Å²) in [5.41, 5.74) is 2.04. The first-order valence-corrected chi connectivity index (χ1v) is 12.9. The van der Waals surface area contributed by atoms with Crippen molar-refractivity contribution in [1.29, 1.82) is 0 Å². The molecule has 9 heteroatoms. The number of carbonyl (C=O) groups excluding carboxylic acids is 1. The predicted octanol–water partition coefficient (Wildman–Crippen LogP) is 4.72. The van der Waals surface area contributed by atoms with E-state index < -0.39 is 11.6 Å². The first-order chi connectivity index (χ1) is 18.3. The van der Waals surface area contributed by atoms with Crippen LogP contribution in [0.4, 0.5) is 10.5 Å². The van der Waals surface area contributed by atoms with Gasteiger partial charge in [0.1, 0.15) is 5.60 Å². The van der Waals surface area contributed by atoms with Gasteiger partial charge < -0.3 is 20.1 Å². The number of nitrogens with one attached hydrogen (secondary N) is 1. The normalized spacial score (nSPS) is 15.9. The van der Waals surface area contributed by atoms with Gasteiger partial charge >= 0.3 is 12.1 Å². The molecule has 0 bridgehead atoms. The van der Waals surface area contributed by atoms with Crippen molar-refractivity contribution < 1.29 is 19.4 Å². The molecular formula is C30H34N4O5. The highest BCUT2D eigenvalue weighted by molar-refractivity contribution is 5.94. The molecule has 2 aromatic carbocycles. The molecule has 39 heavy (non-hydrogen) atoms. The van der Waals surface area contributed by atoms with Crippen LogP contribution in [0.1, 0.15) is 67.5 Å². The van der Waals surface area contributed by atoms with E-state index in [1.54, 1.807) is 42.3 Å². The summed E-state index contributed by atoms with van der Waals surface area (Å²) in [5.74, 6) is 5.51. The van der Waals surface area contributed by atoms with Crippen molar-refractivity contribution in [3.05, 3.63) is 69.3 Å². The number of para-hydroxylation sites is 1. The van der Waals surface area contributed by atoms with Crippen molar-refractivity contribution in [3.8, 4) is 11.8 Å². The number of anilines is 1. The molecule has 204 valence electrons. The van der Waals surface area contributed by atoms with E-state index in [1.807, 2.05) is 40.7 Å². The van der Waals surface area contributed by atoms with E-state index in [0.717, 1.165) is 11.1 Å². The zero-order chi connectivity index (χ0) is 28.5. The summed E-state index contributed by atoms with van der Waals surface area (Å²) in [7, 11) is 1.65. The maximum absolute atomic E-state index is 13.3. The summed E-state index contributed by atoms with van der Waals surface area (Å²) >= 11 is 0. The maximum atomic E-state index is 13.3. The van der Waals surface area contributed by atoms with Crippen LogP contribution in [0, 0.1) is 24.7 Å². The Morgan fingerprint density at radius 1 is 1.23 bits per heavy atom. The van der Waals surface area contributed by atoms with Crippen LogP contribution >= 0.6 is 0 Å². The van der Waals surface area contributed by atoms with Crippen LogP contribution in [0.5, 0.6) is 0 Å². The van der Waals surface area contributed by atoms with Crippen LogP contribution in [-0.4, -0.2) is 50.3 Å². The molecule has 1 amide bonds. The van der Waals surface area contributed by atoms with E-state index in [0.29, 0.717) is 41.9 Å². The molecule has 1 unspecified atom stereocenters. The van der Waals surface area contributed by atoms with Gasteiger partial charge in [-0.15, -0.1) is 0 Å². The third-order valence-electron chi connectivity index (χ3n) is 6.58. The molecule has 1 fully saturated rings. The van der Waals surface area contributed by atoms with Crippen molar-refractivity contribution in [1.82, 2.24) is 14.5 Å². The number of likely N-dealkylation sites (tertiary alicyclic amines) is 1. The molecule has 1 aliphatic rings. The van der Waals surface area contributed by atoms with Gasteiger partial charge in [-0.05, 0) is 70.7 Å². The molecule has 0 aliphatic carbocycles. The average molecular weight is 531 g/mol. The largest absolute Gasteiger partial charge is 0.478 e. The van der Waals surface area contributed by atoms with Crippen molar-refractivity contribution in [3.63, 3.8) is 0 Å². The average Bonchev–Trinajstić information content (AvgIpc) is 3.34. The quantitative estimate of drug-likeness (QED) is 0.469. The number of carboxylic acid groups (broad SMARTS) is 1. The number of aryl methyl sites for hydroxylation is 1. The number of rotatable bonds is 4. The third kappa shape index (κ3) is 6.23. The van der Waals surface area contributed by atoms with Crippen LogP contribution in [0.25, 0.3) is 10.9 Å². The zero-order valence-electron chi connectivity index (χ0n) is 23.2. The topological polar surface area (TPSA) is 114 Å². The number of aromatic nitrogens is 2. The molecule has 1 aliphatic heterocycles. The third-order valence-corrected chi connectivity index (χ3v) is 6.58. The highest BCUT2D eigenvalue weighted by atomic mass is 16.6. The van der Waals surface area contributed by atoms with Gasteiger partial charge in [0, 0.05) is 37.3 Å². The highest BCUT2D eigenvalue weighted by Gasteiger charge is 2.29. The number of benzene rings is 2. The summed E-state index contributed by atoms with van der Waals surface area (Å²) in [6.45, 7) is 10.3. The van der Waals surface area contributed by atoms with Gasteiger partial charge in [-0.2, -0.15) is 0 Å². The van der Waals surface area contributed by atoms with E-state index in [4.69, 9.17) is 9.72 Å². The standard InChI is InChI=1S/C30H34N4O5/c1-18-15-22(19(2)31-24-10-8-7-9-21(24)28(36)37)26-23(16-18)27(35)33(6)25(32-26)12-11-20-13-14-34(17-20)29(38)39-30(3,4)5/h7-10,15-16,19-20,31H,13-14,17H2,1-6H3,(H,36,37)/t19-,20?/m1/s1.